The van der Waals surface area contributed by atoms with Crippen LogP contribution in [0.4, 0.5) is 36.4 Å². The molecular formula is C13H12F7NOS2. The molecule has 1 aromatic carbocycles. The van der Waals surface area contributed by atoms with Gasteiger partial charge in [-0.05, 0) is 24.6 Å². The molecular weight excluding hydrogens is 383 g/mol. The van der Waals surface area contributed by atoms with Gasteiger partial charge in [-0.25, -0.2) is 4.39 Å². The number of hydrogen-bond acceptors (Lipinski definition) is 2. The van der Waals surface area contributed by atoms with Crippen molar-refractivity contribution in [2.24, 2.45) is 0 Å². The Labute approximate surface area is 140 Å². The number of nitrogens with one attached hydrogen (secondary N) is 1. The first-order valence-corrected chi connectivity index (χ1v) is 8.13. The Morgan fingerprint density at radius 3 is 2.25 bits per heavy atom. The summed E-state index contributed by atoms with van der Waals surface area (Å²) in [6, 6.07) is 1.71. The van der Waals surface area contributed by atoms with Crippen LogP contribution >= 0.6 is 12.2 Å². The van der Waals surface area contributed by atoms with E-state index in [9.17, 15) is 34.9 Å². The van der Waals surface area contributed by atoms with Gasteiger partial charge in [0.2, 0.25) is 0 Å². The summed E-state index contributed by atoms with van der Waals surface area (Å²) in [6.07, 6.45) is -11.0. The second-order valence-corrected chi connectivity index (χ2v) is 6.78. The summed E-state index contributed by atoms with van der Waals surface area (Å²) in [6.45, 7) is 1.28. The number of alkyl halides is 6. The third-order valence-electron chi connectivity index (χ3n) is 2.71. The van der Waals surface area contributed by atoms with Crippen molar-refractivity contribution in [3.8, 4) is 0 Å². The van der Waals surface area contributed by atoms with Crippen LogP contribution in [0.25, 0.3) is 0 Å². The first-order chi connectivity index (χ1) is 10.8. The van der Waals surface area contributed by atoms with Crippen LogP contribution in [0.3, 0.4) is 0 Å². The molecule has 1 N–H and O–H groups in total. The Kier molecular flexibility index (Phi) is 6.74. The lowest BCUT2D eigenvalue weighted by molar-refractivity contribution is -0.132. The molecule has 0 aliphatic rings. The molecule has 0 heterocycles. The Bertz CT molecular complexity index is 640. The van der Waals surface area contributed by atoms with Crippen molar-refractivity contribution in [2.75, 3.05) is 11.1 Å². The Morgan fingerprint density at radius 1 is 1.17 bits per heavy atom. The predicted octanol–water partition coefficient (Wildman–Crippen LogP) is 4.89. The van der Waals surface area contributed by atoms with Crippen molar-refractivity contribution >= 4 is 33.7 Å². The minimum atomic E-state index is -4.68. The van der Waals surface area contributed by atoms with Gasteiger partial charge < -0.3 is 5.32 Å². The van der Waals surface area contributed by atoms with Crippen molar-refractivity contribution in [3.63, 3.8) is 0 Å². The fourth-order valence-electron chi connectivity index (χ4n) is 1.69. The summed E-state index contributed by atoms with van der Waals surface area (Å²) in [7, 11) is -2.47. The zero-order valence-electron chi connectivity index (χ0n) is 12.1. The van der Waals surface area contributed by atoms with Crippen LogP contribution in [0.15, 0.2) is 17.0 Å². The Morgan fingerprint density at radius 2 is 1.75 bits per heavy atom. The highest BCUT2D eigenvalue weighted by Gasteiger charge is 2.32. The maximum atomic E-state index is 13.8. The highest BCUT2D eigenvalue weighted by Crippen LogP contribution is 2.27. The molecule has 24 heavy (non-hydrogen) atoms. The second kappa shape index (κ2) is 7.77. The topological polar surface area (TPSA) is 29.1 Å². The molecule has 0 saturated heterocycles. The van der Waals surface area contributed by atoms with Crippen molar-refractivity contribution < 1.29 is 34.9 Å². The van der Waals surface area contributed by atoms with Gasteiger partial charge >= 0.3 is 12.4 Å². The van der Waals surface area contributed by atoms with Gasteiger partial charge in [0.1, 0.15) is 11.6 Å². The SMILES string of the molecule is Cc1cc(F)c(NC(=S)CCC(F)(F)F)cc1S(=O)CC(F)(F)F. The molecule has 0 aliphatic carbocycles. The van der Waals surface area contributed by atoms with Crippen LogP contribution in [0.2, 0.25) is 0 Å². The molecule has 1 aromatic rings. The summed E-state index contributed by atoms with van der Waals surface area (Å²) in [5, 5.41) is 2.21. The highest BCUT2D eigenvalue weighted by molar-refractivity contribution is 7.85. The van der Waals surface area contributed by atoms with E-state index in [1.54, 1.807) is 0 Å². The van der Waals surface area contributed by atoms with E-state index in [0.717, 1.165) is 12.1 Å². The van der Waals surface area contributed by atoms with E-state index >= 15 is 0 Å². The third kappa shape index (κ3) is 7.12. The van der Waals surface area contributed by atoms with Crippen LogP contribution in [-0.4, -0.2) is 27.3 Å². The van der Waals surface area contributed by atoms with E-state index in [2.05, 4.69) is 17.5 Å². The molecule has 0 saturated carbocycles. The van der Waals surface area contributed by atoms with Crippen LogP contribution < -0.4 is 5.32 Å². The van der Waals surface area contributed by atoms with E-state index in [-0.39, 0.29) is 15.4 Å². The van der Waals surface area contributed by atoms with Crippen LogP contribution in [0, 0.1) is 12.7 Å². The van der Waals surface area contributed by atoms with Gasteiger partial charge in [-0.15, -0.1) is 0 Å². The molecule has 0 aliphatic heterocycles. The van der Waals surface area contributed by atoms with E-state index in [1.807, 2.05) is 0 Å². The lowest BCUT2D eigenvalue weighted by atomic mass is 10.2. The lowest BCUT2D eigenvalue weighted by Crippen LogP contribution is -2.20. The number of hydrogen-bond donors (Lipinski definition) is 1. The van der Waals surface area contributed by atoms with Gasteiger partial charge in [0, 0.05) is 17.7 Å². The first kappa shape index (κ1) is 20.8. The summed E-state index contributed by atoms with van der Waals surface area (Å²) >= 11 is 4.66. The fraction of sp³-hybridized carbons (Fsp3) is 0.462. The number of thiocarbonyl (C=S) groups is 1. The van der Waals surface area contributed by atoms with E-state index in [4.69, 9.17) is 0 Å². The summed E-state index contributed by atoms with van der Waals surface area (Å²) in [5.41, 5.74) is -0.389. The van der Waals surface area contributed by atoms with Crippen molar-refractivity contribution in [2.45, 2.75) is 37.0 Å². The van der Waals surface area contributed by atoms with E-state index in [0.29, 0.717) is 0 Å². The lowest BCUT2D eigenvalue weighted by Gasteiger charge is -2.14. The quantitative estimate of drug-likeness (QED) is 0.569. The molecule has 136 valence electrons. The molecule has 11 heteroatoms. The van der Waals surface area contributed by atoms with Crippen molar-refractivity contribution in [1.82, 2.24) is 0 Å². The van der Waals surface area contributed by atoms with Gasteiger partial charge in [-0.1, -0.05) is 12.2 Å². The molecule has 1 rings (SSSR count). The van der Waals surface area contributed by atoms with Gasteiger partial charge in [0.15, 0.2) is 0 Å². The predicted molar refractivity (Wildman–Crippen MR) is 80.0 cm³/mol. The number of aryl methyl sites for hydroxylation is 1. The fourth-order valence-corrected chi connectivity index (χ4v) is 3.02. The highest BCUT2D eigenvalue weighted by atomic mass is 32.2. The smallest absolute Gasteiger partial charge is 0.348 e. The molecule has 0 aromatic heterocycles. The minimum Gasteiger partial charge on any atom is -0.348 e. The number of anilines is 1. The van der Waals surface area contributed by atoms with Gasteiger partial charge in [-0.2, -0.15) is 26.3 Å². The number of halogens is 7. The molecule has 1 atom stereocenters. The van der Waals surface area contributed by atoms with Crippen molar-refractivity contribution in [3.05, 3.63) is 23.5 Å². The minimum absolute atomic E-state index is 0.0295. The maximum Gasteiger partial charge on any atom is 0.400 e. The molecule has 2 nitrogen and oxygen atoms in total. The van der Waals surface area contributed by atoms with Gasteiger partial charge in [0.05, 0.1) is 21.5 Å². The average Bonchev–Trinajstić information content (AvgIpc) is 2.36. The number of rotatable bonds is 5. The largest absolute Gasteiger partial charge is 0.400 e. The van der Waals surface area contributed by atoms with E-state index < -0.39 is 53.3 Å². The standard InChI is InChI=1S/C13H12F7NOS2/c1-7-4-8(14)9(21-11(23)2-3-12(15,16)17)5-10(7)24(22)6-13(18,19)20/h4-5H,2-3,6H2,1H3,(H,21,23). The summed E-state index contributed by atoms with van der Waals surface area (Å²) < 4.78 is 98.8. The molecule has 0 fully saturated rings. The van der Waals surface area contributed by atoms with Gasteiger partial charge in [-0.3, -0.25) is 4.21 Å². The zero-order chi connectivity index (χ0) is 18.7. The van der Waals surface area contributed by atoms with Crippen LogP contribution in [0.1, 0.15) is 18.4 Å². The molecule has 0 bridgehead atoms. The summed E-state index contributed by atoms with van der Waals surface area (Å²) in [4.78, 5) is -0.600. The molecule has 1 unspecified atom stereocenters. The Balaban J connectivity index is 2.95. The molecule has 0 spiro atoms. The second-order valence-electron chi connectivity index (χ2n) is 4.87. The average molecular weight is 395 g/mol. The summed E-state index contributed by atoms with van der Waals surface area (Å²) in [5.74, 6) is -2.54. The van der Waals surface area contributed by atoms with Gasteiger partial charge in [0.25, 0.3) is 0 Å². The maximum absolute atomic E-state index is 13.8. The third-order valence-corrected chi connectivity index (χ3v) is 4.54. The zero-order valence-corrected chi connectivity index (χ0v) is 13.8. The monoisotopic (exact) mass is 395 g/mol. The van der Waals surface area contributed by atoms with Crippen molar-refractivity contribution in [1.29, 1.82) is 0 Å². The Hall–Kier alpha value is -1.23. The van der Waals surface area contributed by atoms with Crippen LogP contribution in [-0.2, 0) is 10.8 Å². The molecule has 0 amide bonds. The first-order valence-electron chi connectivity index (χ1n) is 6.40. The normalized spacial score (nSPS) is 13.7. The molecule has 0 radical (unpaired) electrons. The van der Waals surface area contributed by atoms with E-state index in [1.165, 1.54) is 6.92 Å². The number of benzene rings is 1. The van der Waals surface area contributed by atoms with Crippen LogP contribution in [0.5, 0.6) is 0 Å².